The van der Waals surface area contributed by atoms with Crippen molar-refractivity contribution in [3.05, 3.63) is 59.7 Å². The minimum atomic E-state index is -0.968. The number of amides is 2. The van der Waals surface area contributed by atoms with Gasteiger partial charge in [-0.15, -0.1) is 0 Å². The van der Waals surface area contributed by atoms with Gasteiger partial charge in [0, 0.05) is 31.9 Å². The van der Waals surface area contributed by atoms with Crippen LogP contribution in [0.5, 0.6) is 5.75 Å². The predicted octanol–water partition coefficient (Wildman–Crippen LogP) is 2.77. The highest BCUT2D eigenvalue weighted by Crippen LogP contribution is 2.21. The number of piperazine rings is 1. The first-order valence-electron chi connectivity index (χ1n) is 9.85. The van der Waals surface area contributed by atoms with Crippen molar-refractivity contribution in [3.63, 3.8) is 0 Å². The zero-order valence-electron chi connectivity index (χ0n) is 16.9. The minimum absolute atomic E-state index is 0.189. The van der Waals surface area contributed by atoms with Gasteiger partial charge in [-0.1, -0.05) is 19.9 Å². The lowest BCUT2D eigenvalue weighted by molar-refractivity contribution is -0.134. The molecule has 1 aliphatic rings. The van der Waals surface area contributed by atoms with E-state index in [1.807, 2.05) is 12.1 Å². The Morgan fingerprint density at radius 2 is 1.53 bits per heavy atom. The van der Waals surface area contributed by atoms with Crippen LogP contribution in [0.4, 0.5) is 14.5 Å². The van der Waals surface area contributed by atoms with Gasteiger partial charge in [0.1, 0.15) is 29.0 Å². The molecule has 0 bridgehead atoms. The molecule has 0 spiro atoms. The number of aromatic hydroxyl groups is 1. The Morgan fingerprint density at radius 1 is 0.967 bits per heavy atom. The van der Waals surface area contributed by atoms with Crippen LogP contribution in [0.2, 0.25) is 0 Å². The van der Waals surface area contributed by atoms with Crippen LogP contribution in [-0.4, -0.2) is 54.0 Å². The molecule has 2 amide bonds. The van der Waals surface area contributed by atoms with Gasteiger partial charge in [-0.25, -0.2) is 8.78 Å². The molecule has 8 heteroatoms. The molecule has 1 fully saturated rings. The maximum Gasteiger partial charge on any atom is 0.257 e. The first-order valence-corrected chi connectivity index (χ1v) is 9.85. The summed E-state index contributed by atoms with van der Waals surface area (Å²) in [6.07, 6.45) is 0. The molecule has 1 atom stereocenters. The second-order valence-electron chi connectivity index (χ2n) is 7.62. The second kappa shape index (κ2) is 9.11. The van der Waals surface area contributed by atoms with Gasteiger partial charge in [-0.3, -0.25) is 9.59 Å². The third-order valence-corrected chi connectivity index (χ3v) is 5.22. The van der Waals surface area contributed by atoms with Crippen LogP contribution in [0, 0.1) is 17.6 Å². The quantitative estimate of drug-likeness (QED) is 0.785. The van der Waals surface area contributed by atoms with Gasteiger partial charge >= 0.3 is 0 Å². The molecule has 6 nitrogen and oxygen atoms in total. The first-order chi connectivity index (χ1) is 14.3. The summed E-state index contributed by atoms with van der Waals surface area (Å²) in [4.78, 5) is 29.2. The van der Waals surface area contributed by atoms with E-state index in [-0.39, 0.29) is 17.6 Å². The van der Waals surface area contributed by atoms with Gasteiger partial charge in [0.2, 0.25) is 5.91 Å². The SMILES string of the molecule is CC(C)C(NC(=O)c1c(F)cccc1F)C(=O)N1CCN(c2ccc(O)cc2)CC1. The maximum atomic E-state index is 13.9. The average Bonchev–Trinajstić information content (AvgIpc) is 2.72. The number of hydrogen-bond donors (Lipinski definition) is 2. The van der Waals surface area contributed by atoms with Gasteiger partial charge in [0.15, 0.2) is 0 Å². The molecule has 0 aliphatic carbocycles. The third kappa shape index (κ3) is 4.69. The van der Waals surface area contributed by atoms with Crippen LogP contribution in [0.15, 0.2) is 42.5 Å². The van der Waals surface area contributed by atoms with E-state index in [1.54, 1.807) is 30.9 Å². The molecule has 0 aromatic heterocycles. The van der Waals surface area contributed by atoms with Crippen molar-refractivity contribution in [2.45, 2.75) is 19.9 Å². The molecule has 1 saturated heterocycles. The van der Waals surface area contributed by atoms with Gasteiger partial charge in [-0.2, -0.15) is 0 Å². The molecule has 160 valence electrons. The van der Waals surface area contributed by atoms with E-state index in [9.17, 15) is 23.5 Å². The summed E-state index contributed by atoms with van der Waals surface area (Å²) < 4.78 is 27.8. The number of rotatable bonds is 5. The van der Waals surface area contributed by atoms with E-state index in [4.69, 9.17) is 0 Å². The standard InChI is InChI=1S/C22H25F2N3O3/c1-14(2)20(25-21(29)19-17(23)4-3-5-18(19)24)22(30)27-12-10-26(11-13-27)15-6-8-16(28)9-7-15/h3-9,14,20,28H,10-13H2,1-2H3,(H,25,29). The van der Waals surface area contributed by atoms with E-state index in [0.717, 1.165) is 17.8 Å². The monoisotopic (exact) mass is 417 g/mol. The summed E-state index contributed by atoms with van der Waals surface area (Å²) in [7, 11) is 0. The predicted molar refractivity (Wildman–Crippen MR) is 109 cm³/mol. The largest absolute Gasteiger partial charge is 0.508 e. The summed E-state index contributed by atoms with van der Waals surface area (Å²) in [6, 6.07) is 9.15. The molecule has 1 heterocycles. The van der Waals surface area contributed by atoms with Crippen LogP contribution in [0.25, 0.3) is 0 Å². The third-order valence-electron chi connectivity index (χ3n) is 5.22. The Hall–Kier alpha value is -3.16. The molecular formula is C22H25F2N3O3. The molecular weight excluding hydrogens is 392 g/mol. The fourth-order valence-corrected chi connectivity index (χ4v) is 3.49. The van der Waals surface area contributed by atoms with Crippen LogP contribution >= 0.6 is 0 Å². The number of anilines is 1. The number of phenolic OH excluding ortho intramolecular Hbond substituents is 1. The lowest BCUT2D eigenvalue weighted by atomic mass is 10.0. The summed E-state index contributed by atoms with van der Waals surface area (Å²) in [5.41, 5.74) is 0.261. The smallest absolute Gasteiger partial charge is 0.257 e. The zero-order chi connectivity index (χ0) is 21.8. The Bertz CT molecular complexity index is 890. The fraction of sp³-hybridized carbons (Fsp3) is 0.364. The summed E-state index contributed by atoms with van der Waals surface area (Å²) in [5.74, 6) is -3.23. The van der Waals surface area contributed by atoms with E-state index in [0.29, 0.717) is 26.2 Å². The van der Waals surface area contributed by atoms with Crippen molar-refractivity contribution in [2.24, 2.45) is 5.92 Å². The molecule has 1 unspecified atom stereocenters. The van der Waals surface area contributed by atoms with Gasteiger partial charge in [0.25, 0.3) is 5.91 Å². The molecule has 0 saturated carbocycles. The first kappa shape index (κ1) is 21.5. The van der Waals surface area contributed by atoms with Crippen molar-refractivity contribution < 1.29 is 23.5 Å². The Labute approximate surface area is 174 Å². The molecule has 2 aromatic rings. The van der Waals surface area contributed by atoms with E-state index < -0.39 is 29.1 Å². The van der Waals surface area contributed by atoms with Crippen LogP contribution < -0.4 is 10.2 Å². The van der Waals surface area contributed by atoms with Gasteiger partial charge in [-0.05, 0) is 42.3 Å². The fourth-order valence-electron chi connectivity index (χ4n) is 3.49. The summed E-state index contributed by atoms with van der Waals surface area (Å²) in [6.45, 7) is 5.63. The highest BCUT2D eigenvalue weighted by Gasteiger charge is 2.32. The normalized spacial score (nSPS) is 15.2. The van der Waals surface area contributed by atoms with E-state index in [2.05, 4.69) is 10.2 Å². The second-order valence-corrected chi connectivity index (χ2v) is 7.62. The number of benzene rings is 2. The molecule has 2 N–H and O–H groups in total. The van der Waals surface area contributed by atoms with Crippen molar-refractivity contribution in [2.75, 3.05) is 31.1 Å². The van der Waals surface area contributed by atoms with Crippen molar-refractivity contribution in [1.29, 1.82) is 0 Å². The van der Waals surface area contributed by atoms with Crippen LogP contribution in [-0.2, 0) is 4.79 Å². The summed E-state index contributed by atoms with van der Waals surface area (Å²) in [5, 5.41) is 11.9. The Kier molecular flexibility index (Phi) is 6.54. The van der Waals surface area contributed by atoms with Crippen LogP contribution in [0.3, 0.4) is 0 Å². The number of hydrogen-bond acceptors (Lipinski definition) is 4. The average molecular weight is 417 g/mol. The zero-order valence-corrected chi connectivity index (χ0v) is 16.9. The summed E-state index contributed by atoms with van der Waals surface area (Å²) >= 11 is 0. The highest BCUT2D eigenvalue weighted by atomic mass is 19.1. The number of halogens is 2. The lowest BCUT2D eigenvalue weighted by Gasteiger charge is -2.38. The van der Waals surface area contributed by atoms with E-state index >= 15 is 0 Å². The topological polar surface area (TPSA) is 72.9 Å². The molecule has 1 aliphatic heterocycles. The molecule has 3 rings (SSSR count). The minimum Gasteiger partial charge on any atom is -0.508 e. The molecule has 0 radical (unpaired) electrons. The van der Waals surface area contributed by atoms with Gasteiger partial charge < -0.3 is 20.2 Å². The van der Waals surface area contributed by atoms with Crippen molar-refractivity contribution in [1.82, 2.24) is 10.2 Å². The van der Waals surface area contributed by atoms with Crippen LogP contribution in [0.1, 0.15) is 24.2 Å². The maximum absolute atomic E-state index is 13.9. The number of nitrogens with zero attached hydrogens (tertiary/aromatic N) is 2. The number of phenols is 1. The molecule has 2 aromatic carbocycles. The Morgan fingerprint density at radius 3 is 2.07 bits per heavy atom. The Balaban J connectivity index is 1.66. The highest BCUT2D eigenvalue weighted by molar-refractivity contribution is 5.98. The van der Waals surface area contributed by atoms with Crippen molar-refractivity contribution >= 4 is 17.5 Å². The molecule has 30 heavy (non-hydrogen) atoms. The number of carbonyl (C=O) groups is 2. The van der Waals surface area contributed by atoms with Gasteiger partial charge in [0.05, 0.1) is 0 Å². The number of carbonyl (C=O) groups excluding carboxylic acids is 2. The van der Waals surface area contributed by atoms with Crippen molar-refractivity contribution in [3.8, 4) is 5.75 Å². The number of nitrogens with one attached hydrogen (secondary N) is 1. The van der Waals surface area contributed by atoms with E-state index in [1.165, 1.54) is 6.07 Å². The lowest BCUT2D eigenvalue weighted by Crippen LogP contribution is -2.56.